The molecule has 2 aromatic carbocycles. The molecule has 0 radical (unpaired) electrons. The summed E-state index contributed by atoms with van der Waals surface area (Å²) in [7, 11) is 0. The highest BCUT2D eigenvalue weighted by Gasteiger charge is 2.18. The molecule has 3 aromatic rings. The standard InChI is InChI=1S/C20H18F2N4O4/c1-12-4-3-5-16(6-12)30-17-9-14(8-15(10-17)26(28)29)23-19(27)11-25-18(20(21)22)7-13(2)24-25/h3-10,20H,11H2,1-2H3,(H,23,27). The molecule has 1 N–H and O–H groups in total. The second-order valence-electron chi connectivity index (χ2n) is 6.61. The molecule has 0 aliphatic carbocycles. The van der Waals surface area contributed by atoms with Gasteiger partial charge in [-0.2, -0.15) is 5.10 Å². The average Bonchev–Trinajstić information content (AvgIpc) is 3.01. The van der Waals surface area contributed by atoms with Crippen LogP contribution in [0.1, 0.15) is 23.4 Å². The first-order chi connectivity index (χ1) is 14.2. The molecule has 30 heavy (non-hydrogen) atoms. The Bertz CT molecular complexity index is 1100. The smallest absolute Gasteiger partial charge is 0.280 e. The molecule has 10 heteroatoms. The normalized spacial score (nSPS) is 10.8. The number of carbonyl (C=O) groups excluding carboxylic acids is 1. The predicted molar refractivity (Wildman–Crippen MR) is 105 cm³/mol. The third kappa shape index (κ3) is 5.16. The number of rotatable bonds is 7. The van der Waals surface area contributed by atoms with Crippen molar-refractivity contribution in [1.82, 2.24) is 9.78 Å². The first-order valence-corrected chi connectivity index (χ1v) is 8.87. The number of carbonyl (C=O) groups is 1. The Morgan fingerprint density at radius 2 is 1.97 bits per heavy atom. The minimum atomic E-state index is -2.79. The highest BCUT2D eigenvalue weighted by Crippen LogP contribution is 2.30. The maximum Gasteiger partial charge on any atom is 0.280 e. The Morgan fingerprint density at radius 1 is 1.20 bits per heavy atom. The van der Waals surface area contributed by atoms with Crippen LogP contribution in [-0.2, 0) is 11.3 Å². The monoisotopic (exact) mass is 416 g/mol. The van der Waals surface area contributed by atoms with Crippen molar-refractivity contribution < 1.29 is 23.2 Å². The van der Waals surface area contributed by atoms with E-state index in [1.165, 1.54) is 25.1 Å². The van der Waals surface area contributed by atoms with Crippen LogP contribution in [0.25, 0.3) is 0 Å². The Hall–Kier alpha value is -3.82. The summed E-state index contributed by atoms with van der Waals surface area (Å²) < 4.78 is 32.7. The summed E-state index contributed by atoms with van der Waals surface area (Å²) in [5.41, 5.74) is 0.709. The maximum atomic E-state index is 13.1. The molecule has 0 saturated carbocycles. The Labute approximate surface area is 170 Å². The number of benzene rings is 2. The van der Waals surface area contributed by atoms with Crippen molar-refractivity contribution in [1.29, 1.82) is 0 Å². The summed E-state index contributed by atoms with van der Waals surface area (Å²) in [6, 6.07) is 12.1. The van der Waals surface area contributed by atoms with Crippen molar-refractivity contribution in [2.75, 3.05) is 5.32 Å². The van der Waals surface area contributed by atoms with Crippen molar-refractivity contribution in [3.05, 3.63) is 75.6 Å². The maximum absolute atomic E-state index is 13.1. The molecular formula is C20H18F2N4O4. The number of aryl methyl sites for hydroxylation is 2. The lowest BCUT2D eigenvalue weighted by molar-refractivity contribution is -0.384. The van der Waals surface area contributed by atoms with Gasteiger partial charge in [0.05, 0.1) is 22.4 Å². The van der Waals surface area contributed by atoms with E-state index in [0.717, 1.165) is 16.3 Å². The van der Waals surface area contributed by atoms with Crippen LogP contribution in [0.4, 0.5) is 20.2 Å². The molecule has 156 valence electrons. The second-order valence-corrected chi connectivity index (χ2v) is 6.61. The van der Waals surface area contributed by atoms with Crippen LogP contribution in [0.2, 0.25) is 0 Å². The third-order valence-corrected chi connectivity index (χ3v) is 4.06. The first-order valence-electron chi connectivity index (χ1n) is 8.87. The zero-order valence-electron chi connectivity index (χ0n) is 16.1. The number of halogens is 2. The molecule has 0 fully saturated rings. The van der Waals surface area contributed by atoms with Crippen LogP contribution in [0.3, 0.4) is 0 Å². The van der Waals surface area contributed by atoms with Gasteiger partial charge in [0.25, 0.3) is 12.1 Å². The van der Waals surface area contributed by atoms with Gasteiger partial charge in [0, 0.05) is 12.1 Å². The quantitative estimate of drug-likeness (QED) is 0.442. The van der Waals surface area contributed by atoms with E-state index in [4.69, 9.17) is 4.74 Å². The molecule has 3 rings (SSSR count). The van der Waals surface area contributed by atoms with Crippen LogP contribution in [-0.4, -0.2) is 20.6 Å². The molecule has 1 amide bonds. The van der Waals surface area contributed by atoms with Crippen LogP contribution in [0, 0.1) is 24.0 Å². The summed E-state index contributed by atoms with van der Waals surface area (Å²) in [5.74, 6) is -0.0447. The molecule has 1 heterocycles. The van der Waals surface area contributed by atoms with E-state index >= 15 is 0 Å². The van der Waals surface area contributed by atoms with Crippen molar-refractivity contribution in [2.24, 2.45) is 0 Å². The molecule has 0 bridgehead atoms. The van der Waals surface area contributed by atoms with E-state index in [1.54, 1.807) is 18.2 Å². The van der Waals surface area contributed by atoms with E-state index in [1.807, 2.05) is 13.0 Å². The van der Waals surface area contributed by atoms with Crippen LogP contribution in [0.15, 0.2) is 48.5 Å². The van der Waals surface area contributed by atoms with E-state index in [9.17, 15) is 23.7 Å². The van der Waals surface area contributed by atoms with Gasteiger partial charge in [-0.25, -0.2) is 8.78 Å². The van der Waals surface area contributed by atoms with E-state index < -0.39 is 23.8 Å². The van der Waals surface area contributed by atoms with Crippen molar-refractivity contribution in [2.45, 2.75) is 26.8 Å². The summed E-state index contributed by atoms with van der Waals surface area (Å²) in [4.78, 5) is 23.0. The lowest BCUT2D eigenvalue weighted by Crippen LogP contribution is -2.21. The topological polar surface area (TPSA) is 99.3 Å². The fourth-order valence-electron chi connectivity index (χ4n) is 2.84. The molecule has 0 spiro atoms. The van der Waals surface area contributed by atoms with Gasteiger partial charge in [-0.1, -0.05) is 12.1 Å². The highest BCUT2D eigenvalue weighted by atomic mass is 19.3. The van der Waals surface area contributed by atoms with Crippen molar-refractivity contribution in [3.8, 4) is 11.5 Å². The number of aromatic nitrogens is 2. The molecule has 1 aromatic heterocycles. The fraction of sp³-hybridized carbons (Fsp3) is 0.200. The molecular weight excluding hydrogens is 398 g/mol. The van der Waals surface area contributed by atoms with Crippen LogP contribution < -0.4 is 10.1 Å². The van der Waals surface area contributed by atoms with Crippen LogP contribution >= 0.6 is 0 Å². The van der Waals surface area contributed by atoms with E-state index in [0.29, 0.717) is 11.4 Å². The molecule has 0 aliphatic rings. The molecule has 0 saturated heterocycles. The molecule has 0 atom stereocenters. The summed E-state index contributed by atoms with van der Waals surface area (Å²) >= 11 is 0. The highest BCUT2D eigenvalue weighted by molar-refractivity contribution is 5.91. The fourth-order valence-corrected chi connectivity index (χ4v) is 2.84. The van der Waals surface area contributed by atoms with Crippen molar-refractivity contribution >= 4 is 17.3 Å². The SMILES string of the molecule is Cc1cccc(Oc2cc(NC(=O)Cn3nc(C)cc3C(F)F)cc([N+](=O)[O-])c2)c1. The minimum Gasteiger partial charge on any atom is -0.457 e. The number of hydrogen-bond acceptors (Lipinski definition) is 5. The first kappa shape index (κ1) is 20.9. The zero-order valence-corrected chi connectivity index (χ0v) is 16.1. The van der Waals surface area contributed by atoms with Crippen molar-refractivity contribution in [3.63, 3.8) is 0 Å². The van der Waals surface area contributed by atoms with Gasteiger partial charge in [0.15, 0.2) is 0 Å². The lowest BCUT2D eigenvalue weighted by Gasteiger charge is -2.11. The van der Waals surface area contributed by atoms with Gasteiger partial charge < -0.3 is 10.1 Å². The number of nitrogens with zero attached hydrogens (tertiary/aromatic N) is 3. The summed E-state index contributed by atoms with van der Waals surface area (Å²) in [6.45, 7) is 2.94. The van der Waals surface area contributed by atoms with Gasteiger partial charge in [0.1, 0.15) is 23.7 Å². The van der Waals surface area contributed by atoms with Gasteiger partial charge in [-0.15, -0.1) is 0 Å². The number of hydrogen-bond donors (Lipinski definition) is 1. The number of ether oxygens (including phenoxy) is 1. The summed E-state index contributed by atoms with van der Waals surface area (Å²) in [6.07, 6.45) is -2.79. The third-order valence-electron chi connectivity index (χ3n) is 4.06. The molecule has 0 aliphatic heterocycles. The van der Waals surface area contributed by atoms with E-state index in [-0.39, 0.29) is 22.8 Å². The minimum absolute atomic E-state index is 0.0966. The van der Waals surface area contributed by atoms with Gasteiger partial charge in [-0.05, 0) is 37.6 Å². The molecule has 0 unspecified atom stereocenters. The molecule has 8 nitrogen and oxygen atoms in total. The average molecular weight is 416 g/mol. The second kappa shape index (κ2) is 8.68. The van der Waals surface area contributed by atoms with Gasteiger partial charge in [-0.3, -0.25) is 19.6 Å². The van der Waals surface area contributed by atoms with Crippen LogP contribution in [0.5, 0.6) is 11.5 Å². The number of nitrogens with one attached hydrogen (secondary N) is 1. The Morgan fingerprint density at radius 3 is 2.63 bits per heavy atom. The Kier molecular flexibility index (Phi) is 6.05. The van der Waals surface area contributed by atoms with E-state index in [2.05, 4.69) is 10.4 Å². The largest absolute Gasteiger partial charge is 0.457 e. The number of nitro groups is 1. The predicted octanol–water partition coefficient (Wildman–Crippen LogP) is 4.78. The van der Waals surface area contributed by atoms with Gasteiger partial charge in [0.2, 0.25) is 5.91 Å². The Balaban J connectivity index is 1.82. The number of nitro benzene ring substituents is 1. The lowest BCUT2D eigenvalue weighted by atomic mass is 10.2. The number of amides is 1. The summed E-state index contributed by atoms with van der Waals surface area (Å²) in [5, 5.41) is 17.6. The number of anilines is 1. The zero-order chi connectivity index (χ0) is 21.8. The van der Waals surface area contributed by atoms with Gasteiger partial charge >= 0.3 is 0 Å². The number of non-ortho nitro benzene ring substituents is 1. The number of alkyl halides is 2.